The van der Waals surface area contributed by atoms with Crippen LogP contribution in [0.5, 0.6) is 0 Å². The molecular weight excluding hydrogens is 335 g/mol. The second-order valence-corrected chi connectivity index (χ2v) is 6.32. The molecule has 0 bridgehead atoms. The zero-order valence-corrected chi connectivity index (χ0v) is 13.0. The summed E-state index contributed by atoms with van der Waals surface area (Å²) in [5.41, 5.74) is 5.37. The first-order valence-electron chi connectivity index (χ1n) is 7.92. The number of hydrazine groups is 1. The number of imidazole rings is 1. The van der Waals surface area contributed by atoms with Gasteiger partial charge in [-0.05, 0) is 0 Å². The molecule has 0 saturated carbocycles. The second-order valence-electron chi connectivity index (χ2n) is 6.32. The van der Waals surface area contributed by atoms with Crippen LogP contribution in [0.25, 0.3) is 5.57 Å². The van der Waals surface area contributed by atoms with Crippen LogP contribution in [0.3, 0.4) is 0 Å². The standard InChI is InChI=1S/C15H14F3N7/c16-15(17,18)10(3-11-19-1-2-20-11)25-5-8(4-23-25)13-12-9-6-24(9)14(12)22-7-21-13/h1-2,5,7,9-10,23H,3-4,6H2,(H,19,20). The molecule has 1 saturated heterocycles. The maximum absolute atomic E-state index is 13.5. The van der Waals surface area contributed by atoms with Crippen molar-refractivity contribution in [2.45, 2.75) is 24.7 Å². The van der Waals surface area contributed by atoms with Crippen molar-refractivity contribution in [1.29, 1.82) is 0 Å². The Hall–Kier alpha value is -2.62. The van der Waals surface area contributed by atoms with E-state index in [9.17, 15) is 13.2 Å². The highest BCUT2D eigenvalue weighted by Gasteiger charge is 2.52. The van der Waals surface area contributed by atoms with E-state index in [0.29, 0.717) is 18.4 Å². The van der Waals surface area contributed by atoms with Crippen molar-refractivity contribution in [2.24, 2.45) is 0 Å². The Bertz CT molecular complexity index is 845. The van der Waals surface area contributed by atoms with Gasteiger partial charge in [-0.25, -0.2) is 20.4 Å². The Morgan fingerprint density at radius 2 is 2.16 bits per heavy atom. The Balaban J connectivity index is 1.44. The molecule has 0 amide bonds. The molecule has 7 nitrogen and oxygen atoms in total. The van der Waals surface area contributed by atoms with Gasteiger partial charge in [0.1, 0.15) is 24.0 Å². The van der Waals surface area contributed by atoms with Crippen LogP contribution in [0.2, 0.25) is 0 Å². The number of aromatic nitrogens is 4. The molecule has 0 aliphatic carbocycles. The first kappa shape index (κ1) is 14.7. The summed E-state index contributed by atoms with van der Waals surface area (Å²) in [6, 6.07) is -1.37. The summed E-state index contributed by atoms with van der Waals surface area (Å²) in [6.07, 6.45) is 1.29. The lowest BCUT2D eigenvalue weighted by Crippen LogP contribution is -2.49. The van der Waals surface area contributed by atoms with Gasteiger partial charge in [0.25, 0.3) is 0 Å². The number of rotatable bonds is 4. The fourth-order valence-corrected chi connectivity index (χ4v) is 3.48. The van der Waals surface area contributed by atoms with Gasteiger partial charge in [0.05, 0.1) is 11.7 Å². The monoisotopic (exact) mass is 349 g/mol. The minimum Gasteiger partial charge on any atom is -0.349 e. The number of nitrogens with zero attached hydrogens (tertiary/aromatic N) is 5. The van der Waals surface area contributed by atoms with Crippen LogP contribution in [-0.2, 0) is 6.42 Å². The van der Waals surface area contributed by atoms with Crippen LogP contribution >= 0.6 is 0 Å². The van der Waals surface area contributed by atoms with E-state index in [-0.39, 0.29) is 6.42 Å². The van der Waals surface area contributed by atoms with Crippen molar-refractivity contribution in [3.8, 4) is 0 Å². The highest BCUT2D eigenvalue weighted by molar-refractivity contribution is 5.80. The summed E-state index contributed by atoms with van der Waals surface area (Å²) < 4.78 is 40.6. The van der Waals surface area contributed by atoms with Gasteiger partial charge < -0.3 is 14.9 Å². The third-order valence-electron chi connectivity index (χ3n) is 4.79. The van der Waals surface area contributed by atoms with Crippen molar-refractivity contribution >= 4 is 11.4 Å². The number of hydrogen-bond acceptors (Lipinski definition) is 6. The minimum absolute atomic E-state index is 0.258. The molecular formula is C15H14F3N7. The molecule has 2 atom stereocenters. The van der Waals surface area contributed by atoms with Crippen LogP contribution in [0.4, 0.5) is 19.0 Å². The van der Waals surface area contributed by atoms with Gasteiger partial charge in [0.15, 0.2) is 0 Å². The quantitative estimate of drug-likeness (QED) is 0.814. The highest BCUT2D eigenvalue weighted by Crippen LogP contribution is 2.54. The van der Waals surface area contributed by atoms with Crippen LogP contribution in [0.15, 0.2) is 24.9 Å². The zero-order valence-electron chi connectivity index (χ0n) is 13.0. The smallest absolute Gasteiger partial charge is 0.349 e. The fraction of sp³-hybridized carbons (Fsp3) is 0.400. The van der Waals surface area contributed by atoms with Gasteiger partial charge in [-0.2, -0.15) is 13.2 Å². The molecule has 5 heterocycles. The number of H-pyrrole nitrogens is 1. The van der Waals surface area contributed by atoms with E-state index in [1.54, 1.807) is 0 Å². The van der Waals surface area contributed by atoms with Gasteiger partial charge in [-0.15, -0.1) is 0 Å². The number of halogens is 3. The number of hydrogen-bond donors (Lipinski definition) is 2. The number of aromatic amines is 1. The van der Waals surface area contributed by atoms with E-state index in [1.807, 2.05) is 0 Å². The normalized spacial score (nSPS) is 22.2. The molecule has 1 fully saturated rings. The highest BCUT2D eigenvalue weighted by atomic mass is 19.4. The Morgan fingerprint density at radius 1 is 1.28 bits per heavy atom. The molecule has 2 aromatic heterocycles. The van der Waals surface area contributed by atoms with Crippen molar-refractivity contribution in [1.82, 2.24) is 30.4 Å². The first-order valence-corrected chi connectivity index (χ1v) is 7.92. The maximum Gasteiger partial charge on any atom is 0.410 e. The molecule has 3 aliphatic heterocycles. The molecule has 2 unspecified atom stereocenters. The summed E-state index contributed by atoms with van der Waals surface area (Å²) in [5, 5.41) is 1.12. The van der Waals surface area contributed by atoms with Gasteiger partial charge in [0, 0.05) is 49.2 Å². The van der Waals surface area contributed by atoms with E-state index in [0.717, 1.165) is 34.2 Å². The number of nitrogens with one attached hydrogen (secondary N) is 2. The first-order chi connectivity index (χ1) is 12.0. The van der Waals surface area contributed by atoms with Crippen LogP contribution < -0.4 is 10.3 Å². The van der Waals surface area contributed by atoms with Gasteiger partial charge in [0.2, 0.25) is 0 Å². The molecule has 2 N–H and O–H groups in total. The molecule has 25 heavy (non-hydrogen) atoms. The van der Waals surface area contributed by atoms with Crippen molar-refractivity contribution < 1.29 is 13.2 Å². The summed E-state index contributed by atoms with van der Waals surface area (Å²) in [4.78, 5) is 17.3. The van der Waals surface area contributed by atoms with E-state index in [4.69, 9.17) is 0 Å². The molecule has 10 heteroatoms. The molecule has 3 aliphatic rings. The Labute approximate surface area is 140 Å². The predicted octanol–water partition coefficient (Wildman–Crippen LogP) is 1.41. The third kappa shape index (κ3) is 2.28. The SMILES string of the molecule is FC(F)(F)C(Cc1ncc[nH]1)N1C=C(c2ncnc3c2C2CN32)CN1. The number of anilines is 1. The van der Waals surface area contributed by atoms with Gasteiger partial charge >= 0.3 is 6.18 Å². The second kappa shape index (κ2) is 4.94. The number of fused-ring (bicyclic) bond motifs is 4. The van der Waals surface area contributed by atoms with Crippen molar-refractivity contribution in [3.63, 3.8) is 0 Å². The Morgan fingerprint density at radius 3 is 2.92 bits per heavy atom. The van der Waals surface area contributed by atoms with Crippen molar-refractivity contribution in [3.05, 3.63) is 42.0 Å². The minimum atomic E-state index is -4.39. The summed E-state index contributed by atoms with van der Waals surface area (Å²) in [5.74, 6) is 1.20. The zero-order chi connectivity index (χ0) is 17.2. The maximum atomic E-state index is 13.5. The van der Waals surface area contributed by atoms with Crippen LogP contribution in [0.1, 0.15) is 23.1 Å². The molecule has 0 radical (unpaired) electrons. The van der Waals surface area contributed by atoms with E-state index >= 15 is 0 Å². The lowest BCUT2D eigenvalue weighted by atomic mass is 10.0. The lowest BCUT2D eigenvalue weighted by molar-refractivity contribution is -0.182. The molecule has 0 aromatic carbocycles. The molecule has 0 spiro atoms. The van der Waals surface area contributed by atoms with Crippen molar-refractivity contribution in [2.75, 3.05) is 18.0 Å². The topological polar surface area (TPSA) is 72.7 Å². The number of alkyl halides is 3. The largest absolute Gasteiger partial charge is 0.410 e. The van der Waals surface area contributed by atoms with E-state index < -0.39 is 12.2 Å². The summed E-state index contributed by atoms with van der Waals surface area (Å²) >= 11 is 0. The van der Waals surface area contributed by atoms with Crippen LogP contribution in [-0.4, -0.2) is 50.3 Å². The average Bonchev–Trinajstić information content (AvgIpc) is 2.95. The molecule has 2 aromatic rings. The van der Waals surface area contributed by atoms with Gasteiger partial charge in [-0.3, -0.25) is 0 Å². The van der Waals surface area contributed by atoms with E-state index in [2.05, 4.69) is 30.3 Å². The van der Waals surface area contributed by atoms with Crippen LogP contribution in [0, 0.1) is 0 Å². The van der Waals surface area contributed by atoms with Gasteiger partial charge in [-0.1, -0.05) is 0 Å². The fourth-order valence-electron chi connectivity index (χ4n) is 3.48. The van der Waals surface area contributed by atoms with E-state index in [1.165, 1.54) is 24.9 Å². The Kier molecular flexibility index (Phi) is 2.91. The third-order valence-corrected chi connectivity index (χ3v) is 4.79. The molecule has 5 rings (SSSR count). The molecule has 130 valence electrons. The predicted molar refractivity (Wildman–Crippen MR) is 82.1 cm³/mol. The average molecular weight is 349 g/mol. The summed E-state index contributed by atoms with van der Waals surface area (Å²) in [6.45, 7) is 1.23. The lowest BCUT2D eigenvalue weighted by Gasteiger charge is -2.29. The summed E-state index contributed by atoms with van der Waals surface area (Å²) in [7, 11) is 0.